The molecule has 1 fully saturated rings. The lowest BCUT2D eigenvalue weighted by molar-refractivity contribution is -0.123. The molecule has 0 unspecified atom stereocenters. The van der Waals surface area contributed by atoms with Crippen LogP contribution < -0.4 is 14.8 Å². The van der Waals surface area contributed by atoms with Crippen LogP contribution >= 0.6 is 11.6 Å². The van der Waals surface area contributed by atoms with E-state index in [4.69, 9.17) is 21.1 Å². The molecule has 0 aliphatic heterocycles. The highest BCUT2D eigenvalue weighted by atomic mass is 35.5. The summed E-state index contributed by atoms with van der Waals surface area (Å²) in [5, 5.41) is 3.67. The normalized spacial score (nSPS) is 14.8. The molecule has 1 aliphatic rings. The van der Waals surface area contributed by atoms with E-state index in [9.17, 15) is 4.79 Å². The minimum absolute atomic E-state index is 0.0228. The zero-order valence-corrected chi connectivity index (χ0v) is 14.5. The molecule has 0 spiro atoms. The maximum Gasteiger partial charge on any atom is 0.230 e. The van der Waals surface area contributed by atoms with Gasteiger partial charge >= 0.3 is 0 Å². The molecule has 3 rings (SSSR count). The number of rotatable bonds is 6. The topological polar surface area (TPSA) is 47.6 Å². The number of nitrogens with one attached hydrogen (secondary N) is 1. The maximum atomic E-state index is 12.7. The fourth-order valence-corrected chi connectivity index (χ4v) is 3.09. The van der Waals surface area contributed by atoms with Gasteiger partial charge in [-0.2, -0.15) is 0 Å². The number of carbonyl (C=O) groups is 1. The zero-order valence-electron chi connectivity index (χ0n) is 13.8. The number of ether oxygens (including phenoxy) is 2. The van der Waals surface area contributed by atoms with Crippen molar-refractivity contribution in [1.82, 2.24) is 5.32 Å². The molecule has 0 radical (unpaired) electrons. The number of hydrogen-bond donors (Lipinski definition) is 1. The number of methoxy groups -OCH3 is 2. The molecule has 1 aliphatic carbocycles. The standard InChI is InChI=1S/C19H20ClNO3/c1-23-16-8-7-14(11-17(16)24-2)19(9-10-19)18(22)21-12-13-5-3-4-6-15(13)20/h3-8,11H,9-10,12H2,1-2H3,(H,21,22). The maximum absolute atomic E-state index is 12.7. The summed E-state index contributed by atoms with van der Waals surface area (Å²) >= 11 is 6.15. The minimum Gasteiger partial charge on any atom is -0.493 e. The third-order valence-electron chi connectivity index (χ3n) is 4.52. The zero-order chi connectivity index (χ0) is 17.2. The molecule has 1 N–H and O–H groups in total. The highest BCUT2D eigenvalue weighted by Gasteiger charge is 2.51. The molecule has 1 amide bonds. The van der Waals surface area contributed by atoms with E-state index in [0.717, 1.165) is 24.0 Å². The molecule has 2 aromatic carbocycles. The minimum atomic E-state index is -0.471. The van der Waals surface area contributed by atoms with Gasteiger partial charge in [-0.05, 0) is 42.2 Å². The van der Waals surface area contributed by atoms with Gasteiger partial charge in [-0.3, -0.25) is 4.79 Å². The first-order valence-corrected chi connectivity index (χ1v) is 8.23. The van der Waals surface area contributed by atoms with E-state index in [-0.39, 0.29) is 5.91 Å². The largest absolute Gasteiger partial charge is 0.493 e. The van der Waals surface area contributed by atoms with Crippen molar-refractivity contribution in [2.75, 3.05) is 14.2 Å². The number of halogens is 1. The molecule has 0 aromatic heterocycles. The molecular weight excluding hydrogens is 326 g/mol. The van der Waals surface area contributed by atoms with E-state index >= 15 is 0 Å². The summed E-state index contributed by atoms with van der Waals surface area (Å²) in [6.07, 6.45) is 1.66. The molecule has 0 atom stereocenters. The molecule has 2 aromatic rings. The van der Waals surface area contributed by atoms with E-state index < -0.39 is 5.41 Å². The molecule has 126 valence electrons. The lowest BCUT2D eigenvalue weighted by atomic mass is 9.94. The van der Waals surface area contributed by atoms with Gasteiger partial charge in [-0.25, -0.2) is 0 Å². The van der Waals surface area contributed by atoms with E-state index in [1.54, 1.807) is 14.2 Å². The van der Waals surface area contributed by atoms with Crippen molar-refractivity contribution in [1.29, 1.82) is 0 Å². The van der Waals surface area contributed by atoms with E-state index in [1.807, 2.05) is 42.5 Å². The molecule has 0 saturated heterocycles. The third kappa shape index (κ3) is 3.06. The fraction of sp³-hybridized carbons (Fsp3) is 0.316. The van der Waals surface area contributed by atoms with Crippen LogP contribution in [0.3, 0.4) is 0 Å². The Labute approximate surface area is 146 Å². The van der Waals surface area contributed by atoms with E-state index in [1.165, 1.54) is 0 Å². The van der Waals surface area contributed by atoms with E-state index in [0.29, 0.717) is 23.1 Å². The second-order valence-electron chi connectivity index (χ2n) is 5.93. The number of hydrogen-bond acceptors (Lipinski definition) is 3. The smallest absolute Gasteiger partial charge is 0.230 e. The van der Waals surface area contributed by atoms with Gasteiger partial charge in [0.1, 0.15) is 0 Å². The van der Waals surface area contributed by atoms with Crippen LogP contribution in [0.1, 0.15) is 24.0 Å². The first-order chi connectivity index (χ1) is 11.6. The van der Waals surface area contributed by atoms with Gasteiger partial charge in [-0.1, -0.05) is 35.9 Å². The van der Waals surface area contributed by atoms with Crippen molar-refractivity contribution >= 4 is 17.5 Å². The Hall–Kier alpha value is -2.20. The summed E-state index contributed by atoms with van der Waals surface area (Å²) in [6, 6.07) is 13.2. The van der Waals surface area contributed by atoms with Crippen LogP contribution in [0.5, 0.6) is 11.5 Å². The third-order valence-corrected chi connectivity index (χ3v) is 4.89. The Kier molecular flexibility index (Phi) is 4.67. The quantitative estimate of drug-likeness (QED) is 0.868. The lowest BCUT2D eigenvalue weighted by Crippen LogP contribution is -2.34. The molecule has 4 nitrogen and oxygen atoms in total. The Morgan fingerprint density at radius 2 is 1.83 bits per heavy atom. The Balaban J connectivity index is 1.76. The van der Waals surface area contributed by atoms with Crippen LogP contribution in [0.25, 0.3) is 0 Å². The van der Waals surface area contributed by atoms with Crippen LogP contribution in [0.15, 0.2) is 42.5 Å². The van der Waals surface area contributed by atoms with Crippen molar-refractivity contribution < 1.29 is 14.3 Å². The van der Waals surface area contributed by atoms with Crippen molar-refractivity contribution in [3.8, 4) is 11.5 Å². The summed E-state index contributed by atoms with van der Waals surface area (Å²) in [5.41, 5.74) is 1.40. The van der Waals surface area contributed by atoms with Gasteiger partial charge in [0, 0.05) is 11.6 Å². The molecular formula is C19H20ClNO3. The van der Waals surface area contributed by atoms with Crippen LogP contribution in [0.4, 0.5) is 0 Å². The van der Waals surface area contributed by atoms with E-state index in [2.05, 4.69) is 5.32 Å². The van der Waals surface area contributed by atoms with Gasteiger partial charge in [0.05, 0.1) is 19.6 Å². The monoisotopic (exact) mass is 345 g/mol. The summed E-state index contributed by atoms with van der Waals surface area (Å²) in [5.74, 6) is 1.32. The molecule has 24 heavy (non-hydrogen) atoms. The van der Waals surface area contributed by atoms with Gasteiger partial charge in [-0.15, -0.1) is 0 Å². The fourth-order valence-electron chi connectivity index (χ4n) is 2.89. The Morgan fingerprint density at radius 3 is 2.46 bits per heavy atom. The predicted octanol–water partition coefficient (Wildman–Crippen LogP) is 3.71. The Morgan fingerprint density at radius 1 is 1.12 bits per heavy atom. The molecule has 1 saturated carbocycles. The van der Waals surface area contributed by atoms with Crippen molar-refractivity contribution in [3.63, 3.8) is 0 Å². The Bertz CT molecular complexity index is 756. The van der Waals surface area contributed by atoms with Gasteiger partial charge in [0.15, 0.2) is 11.5 Å². The summed E-state index contributed by atoms with van der Waals surface area (Å²) in [6.45, 7) is 0.424. The lowest BCUT2D eigenvalue weighted by Gasteiger charge is -2.18. The highest BCUT2D eigenvalue weighted by molar-refractivity contribution is 6.31. The van der Waals surface area contributed by atoms with Crippen molar-refractivity contribution in [2.45, 2.75) is 24.8 Å². The van der Waals surface area contributed by atoms with Crippen LogP contribution in [-0.4, -0.2) is 20.1 Å². The summed E-state index contributed by atoms with van der Waals surface area (Å²) in [4.78, 5) is 12.7. The van der Waals surface area contributed by atoms with Gasteiger partial charge in [0.2, 0.25) is 5.91 Å². The van der Waals surface area contributed by atoms with Gasteiger partial charge in [0.25, 0.3) is 0 Å². The average Bonchev–Trinajstić information content (AvgIpc) is 3.42. The highest BCUT2D eigenvalue weighted by Crippen LogP contribution is 2.50. The SMILES string of the molecule is COc1ccc(C2(C(=O)NCc3ccccc3Cl)CC2)cc1OC. The molecule has 5 heteroatoms. The number of carbonyl (C=O) groups excluding carboxylic acids is 1. The molecule has 0 heterocycles. The first kappa shape index (κ1) is 16.7. The van der Waals surface area contributed by atoms with Crippen LogP contribution in [-0.2, 0) is 16.8 Å². The summed E-state index contributed by atoms with van der Waals surface area (Å²) in [7, 11) is 3.19. The molecule has 0 bridgehead atoms. The first-order valence-electron chi connectivity index (χ1n) is 7.85. The van der Waals surface area contributed by atoms with Crippen LogP contribution in [0, 0.1) is 0 Å². The van der Waals surface area contributed by atoms with Crippen LogP contribution in [0.2, 0.25) is 5.02 Å². The predicted molar refractivity (Wildman–Crippen MR) is 93.8 cm³/mol. The van der Waals surface area contributed by atoms with Crippen molar-refractivity contribution in [2.24, 2.45) is 0 Å². The average molecular weight is 346 g/mol. The van der Waals surface area contributed by atoms with Gasteiger partial charge < -0.3 is 14.8 Å². The number of amides is 1. The second-order valence-corrected chi connectivity index (χ2v) is 6.33. The number of benzene rings is 2. The van der Waals surface area contributed by atoms with Crippen molar-refractivity contribution in [3.05, 3.63) is 58.6 Å². The summed E-state index contributed by atoms with van der Waals surface area (Å²) < 4.78 is 10.6. The second kappa shape index (κ2) is 6.73.